The zero-order chi connectivity index (χ0) is 11.5. The van der Waals surface area contributed by atoms with E-state index < -0.39 is 0 Å². The summed E-state index contributed by atoms with van der Waals surface area (Å²) in [7, 11) is 1.67. The first-order valence-electron chi connectivity index (χ1n) is 5.25. The van der Waals surface area contributed by atoms with Crippen LogP contribution in [0.15, 0.2) is 36.6 Å². The third-order valence-corrected chi connectivity index (χ3v) is 2.50. The third-order valence-electron chi connectivity index (χ3n) is 2.50. The van der Waals surface area contributed by atoms with Gasteiger partial charge in [0.05, 0.1) is 12.9 Å². The van der Waals surface area contributed by atoms with Gasteiger partial charge in [0.1, 0.15) is 0 Å². The van der Waals surface area contributed by atoms with E-state index in [0.717, 1.165) is 12.2 Å². The van der Waals surface area contributed by atoms with Crippen molar-refractivity contribution in [2.75, 3.05) is 7.11 Å². The predicted octanol–water partition coefficient (Wildman–Crippen LogP) is 3.69. The summed E-state index contributed by atoms with van der Waals surface area (Å²) in [5.74, 6) is 0.812. The van der Waals surface area contributed by atoms with Crippen LogP contribution in [-0.2, 0) is 16.6 Å². The van der Waals surface area contributed by atoms with Crippen LogP contribution in [0, 0.1) is 0 Å². The number of ether oxygens (including phenoxy) is 1. The van der Waals surface area contributed by atoms with Crippen molar-refractivity contribution >= 4 is 0 Å². The lowest BCUT2D eigenvalue weighted by atomic mass is 9.83. The summed E-state index contributed by atoms with van der Waals surface area (Å²) in [6.45, 7) is 10.5. The van der Waals surface area contributed by atoms with Crippen LogP contribution < -0.4 is 0 Å². The quantitative estimate of drug-likeness (QED) is 0.682. The van der Waals surface area contributed by atoms with Crippen molar-refractivity contribution < 1.29 is 4.74 Å². The van der Waals surface area contributed by atoms with E-state index >= 15 is 0 Å². The van der Waals surface area contributed by atoms with E-state index in [0.29, 0.717) is 0 Å². The van der Waals surface area contributed by atoms with Crippen LogP contribution in [-0.4, -0.2) is 7.11 Å². The Bertz CT molecular complexity index is 345. The summed E-state index contributed by atoms with van der Waals surface area (Å²) in [5.41, 5.74) is 2.84. The van der Waals surface area contributed by atoms with E-state index in [1.54, 1.807) is 7.11 Å². The molecule has 1 rings (SSSR count). The maximum absolute atomic E-state index is 5.13. The van der Waals surface area contributed by atoms with E-state index in [2.05, 4.69) is 51.6 Å². The second kappa shape index (κ2) is 4.52. The van der Waals surface area contributed by atoms with Crippen molar-refractivity contribution in [1.82, 2.24) is 0 Å². The molecule has 0 heterocycles. The highest BCUT2D eigenvalue weighted by molar-refractivity contribution is 5.34. The first-order valence-corrected chi connectivity index (χ1v) is 5.25. The number of hydrogen-bond acceptors (Lipinski definition) is 1. The fourth-order valence-electron chi connectivity index (χ4n) is 1.69. The van der Waals surface area contributed by atoms with Gasteiger partial charge in [0.25, 0.3) is 0 Å². The van der Waals surface area contributed by atoms with Crippen molar-refractivity contribution in [3.63, 3.8) is 0 Å². The molecular formula is C14H20O. The molecule has 15 heavy (non-hydrogen) atoms. The first kappa shape index (κ1) is 11.8. The molecule has 0 saturated heterocycles. The number of hydrogen-bond donors (Lipinski definition) is 0. The zero-order valence-corrected chi connectivity index (χ0v) is 10.1. The van der Waals surface area contributed by atoms with E-state index in [-0.39, 0.29) is 5.41 Å². The molecule has 1 aromatic carbocycles. The van der Waals surface area contributed by atoms with E-state index in [9.17, 15) is 0 Å². The van der Waals surface area contributed by atoms with Crippen molar-refractivity contribution in [3.05, 3.63) is 47.7 Å². The van der Waals surface area contributed by atoms with E-state index in [4.69, 9.17) is 4.74 Å². The van der Waals surface area contributed by atoms with Gasteiger partial charge >= 0.3 is 0 Å². The molecule has 0 aliphatic rings. The van der Waals surface area contributed by atoms with Crippen molar-refractivity contribution in [2.24, 2.45) is 0 Å². The van der Waals surface area contributed by atoms with Gasteiger partial charge in [0, 0.05) is 6.42 Å². The Labute approximate surface area is 92.8 Å². The first-order chi connectivity index (χ1) is 6.95. The van der Waals surface area contributed by atoms with Crippen molar-refractivity contribution in [2.45, 2.75) is 32.6 Å². The minimum atomic E-state index is 0.171. The lowest BCUT2D eigenvalue weighted by Crippen LogP contribution is -2.14. The van der Waals surface area contributed by atoms with Gasteiger partial charge in [-0.2, -0.15) is 0 Å². The Kier molecular flexibility index (Phi) is 3.57. The molecule has 0 saturated carbocycles. The topological polar surface area (TPSA) is 9.23 Å². The number of benzene rings is 1. The van der Waals surface area contributed by atoms with Gasteiger partial charge in [-0.15, -0.1) is 0 Å². The molecule has 0 radical (unpaired) electrons. The van der Waals surface area contributed by atoms with Crippen LogP contribution in [0.25, 0.3) is 0 Å². The highest BCUT2D eigenvalue weighted by Gasteiger charge is 2.17. The molecule has 0 aliphatic heterocycles. The summed E-state index contributed by atoms with van der Waals surface area (Å²) >= 11 is 0. The molecule has 0 amide bonds. The minimum Gasteiger partial charge on any atom is -0.501 e. The fourth-order valence-corrected chi connectivity index (χ4v) is 1.69. The molecule has 1 nitrogen and oxygen atoms in total. The molecule has 82 valence electrons. The summed E-state index contributed by atoms with van der Waals surface area (Å²) in [6.07, 6.45) is 0.796. The maximum atomic E-state index is 5.13. The monoisotopic (exact) mass is 204 g/mol. The molecule has 0 atom stereocenters. The molecule has 0 fully saturated rings. The van der Waals surface area contributed by atoms with Gasteiger partial charge in [-0.05, 0) is 16.5 Å². The second-order valence-corrected chi connectivity index (χ2v) is 4.83. The molecule has 0 bridgehead atoms. The third kappa shape index (κ3) is 3.12. The molecule has 0 aliphatic carbocycles. The molecular weight excluding hydrogens is 184 g/mol. The Hall–Kier alpha value is -1.24. The number of allylic oxidation sites excluding steroid dienone is 1. The van der Waals surface area contributed by atoms with Gasteiger partial charge in [0.2, 0.25) is 0 Å². The van der Waals surface area contributed by atoms with Crippen LogP contribution in [0.5, 0.6) is 0 Å². The maximum Gasteiger partial charge on any atom is 0.0927 e. The highest BCUT2D eigenvalue weighted by Crippen LogP contribution is 2.26. The Balaban J connectivity index is 3.02. The summed E-state index contributed by atoms with van der Waals surface area (Å²) < 4.78 is 5.13. The normalized spacial score (nSPS) is 11.2. The molecule has 0 unspecified atom stereocenters. The Morgan fingerprint density at radius 2 is 1.87 bits per heavy atom. The van der Waals surface area contributed by atoms with Gasteiger partial charge in [0.15, 0.2) is 0 Å². The Morgan fingerprint density at radius 3 is 2.40 bits per heavy atom. The van der Waals surface area contributed by atoms with Gasteiger partial charge < -0.3 is 4.74 Å². The zero-order valence-electron chi connectivity index (χ0n) is 10.1. The van der Waals surface area contributed by atoms with Crippen LogP contribution >= 0.6 is 0 Å². The van der Waals surface area contributed by atoms with Crippen LogP contribution in [0.3, 0.4) is 0 Å². The van der Waals surface area contributed by atoms with Crippen LogP contribution in [0.2, 0.25) is 0 Å². The van der Waals surface area contributed by atoms with Gasteiger partial charge in [-0.3, -0.25) is 0 Å². The van der Waals surface area contributed by atoms with Gasteiger partial charge in [-0.1, -0.05) is 51.6 Å². The van der Waals surface area contributed by atoms with Crippen LogP contribution in [0.4, 0.5) is 0 Å². The standard InChI is InChI=1S/C14H20O/c1-11(15-5)10-12-8-6-7-9-13(12)14(2,3)4/h6-9H,1,10H2,2-5H3. The highest BCUT2D eigenvalue weighted by atomic mass is 16.5. The molecule has 0 N–H and O–H groups in total. The summed E-state index contributed by atoms with van der Waals surface area (Å²) in [5, 5.41) is 0. The summed E-state index contributed by atoms with van der Waals surface area (Å²) in [6, 6.07) is 8.47. The average molecular weight is 204 g/mol. The predicted molar refractivity (Wildman–Crippen MR) is 65.0 cm³/mol. The van der Waals surface area contributed by atoms with E-state index in [1.165, 1.54) is 11.1 Å². The molecule has 1 aromatic rings. The SMILES string of the molecule is C=C(Cc1ccccc1C(C)(C)C)OC. The largest absolute Gasteiger partial charge is 0.501 e. The van der Waals surface area contributed by atoms with Crippen LogP contribution in [0.1, 0.15) is 31.9 Å². The van der Waals surface area contributed by atoms with Crippen molar-refractivity contribution in [1.29, 1.82) is 0 Å². The molecule has 0 spiro atoms. The second-order valence-electron chi connectivity index (χ2n) is 4.83. The molecule has 1 heteroatoms. The minimum absolute atomic E-state index is 0.171. The van der Waals surface area contributed by atoms with E-state index in [1.807, 2.05) is 0 Å². The number of rotatable bonds is 3. The lowest BCUT2D eigenvalue weighted by Gasteiger charge is -2.23. The Morgan fingerprint density at radius 1 is 1.27 bits per heavy atom. The van der Waals surface area contributed by atoms with Gasteiger partial charge in [-0.25, -0.2) is 0 Å². The summed E-state index contributed by atoms with van der Waals surface area (Å²) in [4.78, 5) is 0. The van der Waals surface area contributed by atoms with Crippen molar-refractivity contribution in [3.8, 4) is 0 Å². The average Bonchev–Trinajstić information content (AvgIpc) is 2.17. The lowest BCUT2D eigenvalue weighted by molar-refractivity contribution is 0.285. The fraction of sp³-hybridized carbons (Fsp3) is 0.429. The smallest absolute Gasteiger partial charge is 0.0927 e. The molecule has 0 aromatic heterocycles. The number of methoxy groups -OCH3 is 1.